The number of benzene rings is 1. The van der Waals surface area contributed by atoms with Gasteiger partial charge in [-0.1, -0.05) is 6.07 Å². The summed E-state index contributed by atoms with van der Waals surface area (Å²) in [7, 11) is 0. The van der Waals surface area contributed by atoms with Gasteiger partial charge in [0, 0.05) is 16.8 Å². The molecule has 0 saturated heterocycles. The molecule has 2 aromatic heterocycles. The molecule has 1 amide bonds. The van der Waals surface area contributed by atoms with Crippen LogP contribution in [0, 0.1) is 13.8 Å². The molecule has 0 bridgehead atoms. The van der Waals surface area contributed by atoms with Crippen molar-refractivity contribution in [3.8, 4) is 11.1 Å². The van der Waals surface area contributed by atoms with Crippen LogP contribution in [0.15, 0.2) is 45.6 Å². The average Bonchev–Trinajstić information content (AvgIpc) is 3.26. The van der Waals surface area contributed by atoms with Crippen LogP contribution in [0.3, 0.4) is 0 Å². The van der Waals surface area contributed by atoms with Crippen LogP contribution in [0.4, 0.5) is 5.69 Å². The molecule has 1 N–H and O–H groups in total. The van der Waals surface area contributed by atoms with Crippen molar-refractivity contribution in [3.05, 3.63) is 65.0 Å². The molecule has 0 atom stereocenters. The molecule has 24 heavy (non-hydrogen) atoms. The van der Waals surface area contributed by atoms with E-state index in [4.69, 9.17) is 8.83 Å². The van der Waals surface area contributed by atoms with Crippen LogP contribution in [0.5, 0.6) is 0 Å². The zero-order valence-electron chi connectivity index (χ0n) is 13.8. The van der Waals surface area contributed by atoms with Gasteiger partial charge < -0.3 is 14.2 Å². The summed E-state index contributed by atoms with van der Waals surface area (Å²) in [6.45, 7) is 3.68. The molecule has 4 heteroatoms. The van der Waals surface area contributed by atoms with Crippen molar-refractivity contribution >= 4 is 11.6 Å². The Morgan fingerprint density at radius 1 is 1.08 bits per heavy atom. The van der Waals surface area contributed by atoms with Gasteiger partial charge in [0.15, 0.2) is 0 Å². The van der Waals surface area contributed by atoms with Crippen molar-refractivity contribution in [2.75, 3.05) is 5.32 Å². The fraction of sp³-hybridized carbons (Fsp3) is 0.250. The van der Waals surface area contributed by atoms with Crippen molar-refractivity contribution in [2.24, 2.45) is 0 Å². The monoisotopic (exact) mass is 321 g/mol. The van der Waals surface area contributed by atoms with Gasteiger partial charge in [0.25, 0.3) is 5.91 Å². The molecule has 1 aliphatic carbocycles. The zero-order valence-corrected chi connectivity index (χ0v) is 13.8. The molecule has 4 rings (SSSR count). The number of fused-ring (bicyclic) bond motifs is 1. The number of amides is 1. The van der Waals surface area contributed by atoms with E-state index in [0.717, 1.165) is 29.7 Å². The van der Waals surface area contributed by atoms with Gasteiger partial charge in [-0.05, 0) is 62.4 Å². The van der Waals surface area contributed by atoms with Crippen molar-refractivity contribution in [2.45, 2.75) is 33.1 Å². The summed E-state index contributed by atoms with van der Waals surface area (Å²) in [5, 5.41) is 3.01. The maximum Gasteiger partial charge on any atom is 0.259 e. The first-order chi connectivity index (χ1) is 11.6. The van der Waals surface area contributed by atoms with Crippen molar-refractivity contribution in [3.63, 3.8) is 0 Å². The first kappa shape index (κ1) is 14.8. The molecule has 1 aromatic carbocycles. The second-order valence-corrected chi connectivity index (χ2v) is 6.27. The average molecular weight is 321 g/mol. The molecule has 1 aliphatic rings. The lowest BCUT2D eigenvalue weighted by Gasteiger charge is -2.08. The smallest absolute Gasteiger partial charge is 0.259 e. The Bertz CT molecular complexity index is 903. The van der Waals surface area contributed by atoms with Gasteiger partial charge in [-0.3, -0.25) is 4.79 Å². The molecule has 0 saturated carbocycles. The maximum absolute atomic E-state index is 12.9. The predicted molar refractivity (Wildman–Crippen MR) is 92.3 cm³/mol. The van der Waals surface area contributed by atoms with E-state index in [1.807, 2.05) is 26.0 Å². The van der Waals surface area contributed by atoms with Gasteiger partial charge in [0.2, 0.25) is 0 Å². The normalized spacial score (nSPS) is 13.1. The molecule has 0 fully saturated rings. The fourth-order valence-electron chi connectivity index (χ4n) is 3.55. The van der Waals surface area contributed by atoms with Crippen molar-refractivity contribution < 1.29 is 13.6 Å². The molecule has 0 radical (unpaired) electrons. The first-order valence-corrected chi connectivity index (χ1v) is 8.19. The summed E-state index contributed by atoms with van der Waals surface area (Å²) in [5.41, 5.74) is 5.76. The van der Waals surface area contributed by atoms with Crippen LogP contribution in [-0.4, -0.2) is 5.91 Å². The Labute approximate surface area is 140 Å². The van der Waals surface area contributed by atoms with E-state index < -0.39 is 0 Å². The number of anilines is 1. The minimum absolute atomic E-state index is 0.154. The van der Waals surface area contributed by atoms with Crippen LogP contribution in [0.1, 0.15) is 39.4 Å². The van der Waals surface area contributed by atoms with Crippen molar-refractivity contribution in [1.29, 1.82) is 0 Å². The minimum atomic E-state index is -0.154. The van der Waals surface area contributed by atoms with E-state index in [1.54, 1.807) is 12.5 Å². The third-order valence-electron chi connectivity index (χ3n) is 4.65. The van der Waals surface area contributed by atoms with Crippen LogP contribution in [0.25, 0.3) is 11.1 Å². The summed E-state index contributed by atoms with van der Waals surface area (Å²) in [5.74, 6) is 1.17. The highest BCUT2D eigenvalue weighted by molar-refractivity contribution is 6.09. The largest absolute Gasteiger partial charge is 0.472 e. The van der Waals surface area contributed by atoms with Gasteiger partial charge in [-0.15, -0.1) is 0 Å². The fourth-order valence-corrected chi connectivity index (χ4v) is 3.55. The summed E-state index contributed by atoms with van der Waals surface area (Å²) in [6, 6.07) is 8.01. The Morgan fingerprint density at radius 3 is 2.71 bits per heavy atom. The van der Waals surface area contributed by atoms with Crippen LogP contribution < -0.4 is 5.32 Å². The predicted octanol–water partition coefficient (Wildman–Crippen LogP) is 4.90. The SMILES string of the molecule is Cc1oc(C)c(-c2ccoc2)c1C(=O)Nc1ccc2c(c1)CCC2. The number of carbonyl (C=O) groups is 1. The Kier molecular flexibility index (Phi) is 3.53. The molecule has 0 unspecified atom stereocenters. The number of nitrogens with one attached hydrogen (secondary N) is 1. The molecule has 3 aromatic rings. The van der Waals surface area contributed by atoms with Crippen LogP contribution in [-0.2, 0) is 12.8 Å². The molecule has 0 aliphatic heterocycles. The molecule has 0 spiro atoms. The molecule has 122 valence electrons. The molecule has 4 nitrogen and oxygen atoms in total. The lowest BCUT2D eigenvalue weighted by molar-refractivity contribution is 0.102. The summed E-state index contributed by atoms with van der Waals surface area (Å²) in [4.78, 5) is 12.9. The Balaban J connectivity index is 1.68. The highest BCUT2D eigenvalue weighted by Crippen LogP contribution is 2.33. The second-order valence-electron chi connectivity index (χ2n) is 6.27. The Morgan fingerprint density at radius 2 is 1.92 bits per heavy atom. The van der Waals surface area contributed by atoms with Crippen molar-refractivity contribution in [1.82, 2.24) is 0 Å². The minimum Gasteiger partial charge on any atom is -0.472 e. The molecule has 2 heterocycles. The van der Waals surface area contributed by atoms with Gasteiger partial charge in [0.1, 0.15) is 11.5 Å². The number of aryl methyl sites for hydroxylation is 4. The molecular weight excluding hydrogens is 302 g/mol. The van der Waals surface area contributed by atoms with E-state index in [0.29, 0.717) is 17.1 Å². The van der Waals surface area contributed by atoms with Gasteiger partial charge in [-0.25, -0.2) is 0 Å². The highest BCUT2D eigenvalue weighted by Gasteiger charge is 2.23. The third kappa shape index (κ3) is 2.44. The standard InChI is InChI=1S/C20H19NO3/c1-12-18(16-8-9-23-11-16)19(13(2)24-12)20(22)21-17-7-6-14-4-3-5-15(14)10-17/h6-11H,3-5H2,1-2H3,(H,21,22). The zero-order chi connectivity index (χ0) is 16.7. The maximum atomic E-state index is 12.9. The van der Waals surface area contributed by atoms with Crippen LogP contribution in [0.2, 0.25) is 0 Å². The molecular formula is C20H19NO3. The summed E-state index contributed by atoms with van der Waals surface area (Å²) < 4.78 is 10.9. The summed E-state index contributed by atoms with van der Waals surface area (Å²) >= 11 is 0. The van der Waals surface area contributed by atoms with E-state index >= 15 is 0 Å². The lowest BCUT2D eigenvalue weighted by Crippen LogP contribution is -2.13. The number of rotatable bonds is 3. The van der Waals surface area contributed by atoms with Gasteiger partial charge in [0.05, 0.1) is 18.1 Å². The van der Waals surface area contributed by atoms with Gasteiger partial charge >= 0.3 is 0 Å². The summed E-state index contributed by atoms with van der Waals surface area (Å²) in [6.07, 6.45) is 6.64. The highest BCUT2D eigenvalue weighted by atomic mass is 16.3. The van der Waals surface area contributed by atoms with E-state index in [2.05, 4.69) is 17.4 Å². The second kappa shape index (κ2) is 5.71. The lowest BCUT2D eigenvalue weighted by atomic mass is 10.0. The van der Waals surface area contributed by atoms with Crippen LogP contribution >= 0.6 is 0 Å². The van der Waals surface area contributed by atoms with E-state index in [9.17, 15) is 4.79 Å². The van der Waals surface area contributed by atoms with Gasteiger partial charge in [-0.2, -0.15) is 0 Å². The number of hydrogen-bond acceptors (Lipinski definition) is 3. The van der Waals surface area contributed by atoms with E-state index in [-0.39, 0.29) is 5.91 Å². The van der Waals surface area contributed by atoms with E-state index in [1.165, 1.54) is 17.5 Å². The third-order valence-corrected chi connectivity index (χ3v) is 4.65. The Hall–Kier alpha value is -2.75. The quantitative estimate of drug-likeness (QED) is 0.746. The topological polar surface area (TPSA) is 55.4 Å². The number of hydrogen-bond donors (Lipinski definition) is 1. The number of furan rings is 2. The number of carbonyl (C=O) groups excluding carboxylic acids is 1. The first-order valence-electron chi connectivity index (χ1n) is 8.19.